The lowest BCUT2D eigenvalue weighted by Gasteiger charge is -2.27. The number of fused-ring (bicyclic) bond motifs is 3. The number of rotatable bonds is 4. The van der Waals surface area contributed by atoms with E-state index < -0.39 is 10.0 Å². The van der Waals surface area contributed by atoms with Gasteiger partial charge in [-0.1, -0.05) is 18.2 Å². The molecule has 35 heavy (non-hydrogen) atoms. The fraction of sp³-hybridized carbons (Fsp3) is 0.269. The van der Waals surface area contributed by atoms with Crippen LogP contribution in [0.15, 0.2) is 70.2 Å². The van der Waals surface area contributed by atoms with Crippen LogP contribution in [0.4, 0.5) is 0 Å². The predicted molar refractivity (Wildman–Crippen MR) is 131 cm³/mol. The molecule has 4 aromatic heterocycles. The molecule has 0 saturated heterocycles. The molecule has 1 aliphatic carbocycles. The van der Waals surface area contributed by atoms with E-state index in [9.17, 15) is 13.7 Å². The summed E-state index contributed by atoms with van der Waals surface area (Å²) in [5.74, 6) is 2.20. The first-order valence-electron chi connectivity index (χ1n) is 11.6. The lowest BCUT2D eigenvalue weighted by molar-refractivity contribution is 0.319. The van der Waals surface area contributed by atoms with Gasteiger partial charge in [-0.15, -0.1) is 0 Å². The zero-order valence-electron chi connectivity index (χ0n) is 19.1. The number of hydrogen-bond donors (Lipinski definition) is 0. The number of hydrogen-bond acceptors (Lipinski definition) is 6. The third kappa shape index (κ3) is 3.44. The molecular formula is C26H23N5O3S. The highest BCUT2D eigenvalue weighted by Crippen LogP contribution is 2.40. The number of nitrogens with zero attached hydrogens (tertiary/aromatic N) is 5. The van der Waals surface area contributed by atoms with Crippen molar-refractivity contribution in [2.45, 2.75) is 43.5 Å². The van der Waals surface area contributed by atoms with Crippen LogP contribution in [-0.4, -0.2) is 26.9 Å². The van der Waals surface area contributed by atoms with E-state index in [1.165, 1.54) is 3.97 Å². The summed E-state index contributed by atoms with van der Waals surface area (Å²) in [7, 11) is -3.81. The lowest BCUT2D eigenvalue weighted by Crippen LogP contribution is -2.18. The van der Waals surface area contributed by atoms with Gasteiger partial charge in [0.2, 0.25) is 0 Å². The zero-order valence-corrected chi connectivity index (χ0v) is 19.9. The molecule has 0 atom stereocenters. The Hall–Kier alpha value is -3.90. The Morgan fingerprint density at radius 2 is 1.83 bits per heavy atom. The number of nitriles is 1. The van der Waals surface area contributed by atoms with Gasteiger partial charge in [0.1, 0.15) is 11.3 Å². The van der Waals surface area contributed by atoms with Crippen LogP contribution < -0.4 is 0 Å². The second-order valence-corrected chi connectivity index (χ2v) is 10.8. The van der Waals surface area contributed by atoms with Crippen molar-refractivity contribution >= 4 is 32.1 Å². The highest BCUT2D eigenvalue weighted by molar-refractivity contribution is 7.90. The molecule has 0 unspecified atom stereocenters. The summed E-state index contributed by atoms with van der Waals surface area (Å²) >= 11 is 0. The molecule has 0 spiro atoms. The largest absolute Gasteiger partial charge is 0.458 e. The quantitative estimate of drug-likeness (QED) is 0.335. The average molecular weight is 486 g/mol. The van der Waals surface area contributed by atoms with Gasteiger partial charge >= 0.3 is 0 Å². The van der Waals surface area contributed by atoms with E-state index in [0.29, 0.717) is 28.1 Å². The molecule has 6 rings (SSSR count). The van der Waals surface area contributed by atoms with Gasteiger partial charge in [-0.05, 0) is 62.9 Å². The normalized spacial score (nSPS) is 18.7. The maximum atomic E-state index is 13.4. The van der Waals surface area contributed by atoms with E-state index in [2.05, 4.69) is 15.6 Å². The van der Waals surface area contributed by atoms with Gasteiger partial charge in [0, 0.05) is 23.5 Å². The lowest BCUT2D eigenvalue weighted by atomic mass is 9.86. The second-order valence-electron chi connectivity index (χ2n) is 9.01. The van der Waals surface area contributed by atoms with Gasteiger partial charge in [-0.3, -0.25) is 0 Å². The number of pyridine rings is 1. The molecule has 1 aromatic carbocycles. The second kappa shape index (κ2) is 8.10. The molecule has 0 radical (unpaired) electrons. The zero-order chi connectivity index (χ0) is 24.2. The van der Waals surface area contributed by atoms with Crippen LogP contribution in [0.2, 0.25) is 0 Å². The molecule has 0 aliphatic heterocycles. The molecule has 4 heterocycles. The van der Waals surface area contributed by atoms with Crippen LogP contribution in [-0.2, 0) is 10.0 Å². The van der Waals surface area contributed by atoms with Crippen LogP contribution in [0.5, 0.6) is 0 Å². The summed E-state index contributed by atoms with van der Waals surface area (Å²) in [6, 6.07) is 16.5. The van der Waals surface area contributed by atoms with Gasteiger partial charge in [0.25, 0.3) is 10.0 Å². The first-order valence-corrected chi connectivity index (χ1v) is 13.1. The fourth-order valence-corrected chi connectivity index (χ4v) is 6.42. The summed E-state index contributed by atoms with van der Waals surface area (Å²) in [4.78, 5) is 9.60. The Balaban J connectivity index is 1.59. The Morgan fingerprint density at radius 3 is 2.51 bits per heavy atom. The molecule has 1 saturated carbocycles. The number of benzene rings is 1. The van der Waals surface area contributed by atoms with Crippen molar-refractivity contribution in [2.75, 3.05) is 0 Å². The molecule has 176 valence electrons. The van der Waals surface area contributed by atoms with Crippen molar-refractivity contribution in [1.82, 2.24) is 18.5 Å². The van der Waals surface area contributed by atoms with Crippen LogP contribution >= 0.6 is 0 Å². The van der Waals surface area contributed by atoms with Gasteiger partial charge in [-0.2, -0.15) is 5.26 Å². The number of aryl methyl sites for hydroxylation is 1. The molecule has 8 nitrogen and oxygen atoms in total. The monoisotopic (exact) mass is 485 g/mol. The molecule has 0 bridgehead atoms. The molecule has 1 fully saturated rings. The summed E-state index contributed by atoms with van der Waals surface area (Å²) < 4.78 is 36.1. The third-order valence-electron chi connectivity index (χ3n) is 6.83. The highest BCUT2D eigenvalue weighted by atomic mass is 32.2. The molecular weight excluding hydrogens is 462 g/mol. The Kier molecular flexibility index (Phi) is 5.00. The van der Waals surface area contributed by atoms with Gasteiger partial charge in [-0.25, -0.2) is 22.4 Å². The van der Waals surface area contributed by atoms with Crippen LogP contribution in [0, 0.1) is 24.2 Å². The van der Waals surface area contributed by atoms with Crippen molar-refractivity contribution in [2.24, 2.45) is 5.92 Å². The van der Waals surface area contributed by atoms with E-state index in [0.717, 1.165) is 37.0 Å². The van der Waals surface area contributed by atoms with Gasteiger partial charge in [0.15, 0.2) is 17.2 Å². The van der Waals surface area contributed by atoms with Crippen molar-refractivity contribution in [1.29, 1.82) is 5.26 Å². The van der Waals surface area contributed by atoms with Crippen LogP contribution in [0.25, 0.3) is 33.7 Å². The Bertz CT molecular complexity index is 1700. The third-order valence-corrected chi connectivity index (χ3v) is 8.51. The first kappa shape index (κ1) is 21.6. The van der Waals surface area contributed by atoms with Crippen molar-refractivity contribution < 1.29 is 12.8 Å². The minimum Gasteiger partial charge on any atom is -0.458 e. The van der Waals surface area contributed by atoms with E-state index >= 15 is 0 Å². The molecule has 0 N–H and O–H groups in total. The SMILES string of the molecule is Cc1ccc(-c2nc3cnc4c(ccn4S(=O)(=O)c4ccccc4)c3n2C2CCC(C#N)CC2)o1. The Labute approximate surface area is 202 Å². The molecule has 1 aliphatic rings. The summed E-state index contributed by atoms with van der Waals surface area (Å²) in [6.07, 6.45) is 6.49. The Morgan fingerprint density at radius 1 is 1.06 bits per heavy atom. The van der Waals surface area contributed by atoms with Crippen molar-refractivity contribution in [3.05, 3.63) is 66.7 Å². The first-order chi connectivity index (χ1) is 17.0. The van der Waals surface area contributed by atoms with E-state index in [-0.39, 0.29) is 16.9 Å². The maximum Gasteiger partial charge on any atom is 0.269 e. The highest BCUT2D eigenvalue weighted by Gasteiger charge is 2.29. The van der Waals surface area contributed by atoms with Crippen LogP contribution in [0.3, 0.4) is 0 Å². The standard InChI is InChI=1S/C26H23N5O3S/c1-17-7-12-23(34-17)26-29-22-16-28-25-21(24(22)31(26)19-10-8-18(15-27)9-11-19)13-14-30(25)35(32,33)20-5-3-2-4-6-20/h2-7,12-14,16,18-19H,8-11H2,1H3. The number of furan rings is 1. The minimum atomic E-state index is -3.81. The van der Waals surface area contributed by atoms with Gasteiger partial charge < -0.3 is 8.98 Å². The van der Waals surface area contributed by atoms with Gasteiger partial charge in [0.05, 0.1) is 22.7 Å². The smallest absolute Gasteiger partial charge is 0.269 e. The van der Waals surface area contributed by atoms with Crippen LogP contribution in [0.1, 0.15) is 37.5 Å². The number of imidazole rings is 1. The molecule has 0 amide bonds. The summed E-state index contributed by atoms with van der Waals surface area (Å²) in [5, 5.41) is 10.1. The predicted octanol–water partition coefficient (Wildman–Crippen LogP) is 5.45. The maximum absolute atomic E-state index is 13.4. The van der Waals surface area contributed by atoms with E-state index in [1.807, 2.05) is 19.1 Å². The molecule has 5 aromatic rings. The summed E-state index contributed by atoms with van der Waals surface area (Å²) in [5.41, 5.74) is 1.87. The van der Waals surface area contributed by atoms with E-state index in [1.54, 1.807) is 48.8 Å². The average Bonchev–Trinajstić information content (AvgIpc) is 3.60. The van der Waals surface area contributed by atoms with Crippen molar-refractivity contribution in [3.8, 4) is 17.7 Å². The van der Waals surface area contributed by atoms with E-state index in [4.69, 9.17) is 9.40 Å². The fourth-order valence-electron chi connectivity index (χ4n) is 5.09. The number of aromatic nitrogens is 4. The topological polar surface area (TPSA) is 107 Å². The summed E-state index contributed by atoms with van der Waals surface area (Å²) in [6.45, 7) is 1.89. The molecule has 9 heteroatoms. The minimum absolute atomic E-state index is 0.0640. The van der Waals surface area contributed by atoms with Crippen molar-refractivity contribution in [3.63, 3.8) is 0 Å².